The SMILES string of the molecule is CC/C=C(\C)c1ccsc1. The Hall–Kier alpha value is -0.560. The Morgan fingerprint density at radius 1 is 1.70 bits per heavy atom. The molecule has 1 aromatic heterocycles. The Morgan fingerprint density at radius 3 is 3.00 bits per heavy atom. The van der Waals surface area contributed by atoms with E-state index in [4.69, 9.17) is 0 Å². The number of rotatable bonds is 2. The summed E-state index contributed by atoms with van der Waals surface area (Å²) >= 11 is 1.75. The first-order chi connectivity index (χ1) is 4.84. The van der Waals surface area contributed by atoms with Crippen molar-refractivity contribution in [1.82, 2.24) is 0 Å². The maximum absolute atomic E-state index is 2.25. The molecule has 1 aromatic rings. The molecule has 54 valence electrons. The second kappa shape index (κ2) is 3.57. The summed E-state index contributed by atoms with van der Waals surface area (Å²) < 4.78 is 0. The Labute approximate surface area is 66.2 Å². The highest BCUT2D eigenvalue weighted by molar-refractivity contribution is 7.08. The fourth-order valence-electron chi connectivity index (χ4n) is 0.913. The van der Waals surface area contributed by atoms with Crippen LogP contribution >= 0.6 is 11.3 Å². The molecule has 0 saturated heterocycles. The Morgan fingerprint density at radius 2 is 2.50 bits per heavy atom. The zero-order valence-corrected chi connectivity index (χ0v) is 7.24. The zero-order valence-electron chi connectivity index (χ0n) is 6.42. The molecular weight excluding hydrogens is 140 g/mol. The standard InChI is InChI=1S/C9H12S/c1-3-4-8(2)9-5-6-10-7-9/h4-7H,3H2,1-2H3/b8-4+. The van der Waals surface area contributed by atoms with Crippen molar-refractivity contribution in [2.75, 3.05) is 0 Å². The maximum atomic E-state index is 2.25. The van der Waals surface area contributed by atoms with Gasteiger partial charge in [-0.15, -0.1) is 0 Å². The summed E-state index contributed by atoms with van der Waals surface area (Å²) in [5.41, 5.74) is 2.76. The van der Waals surface area contributed by atoms with Crippen molar-refractivity contribution in [3.8, 4) is 0 Å². The van der Waals surface area contributed by atoms with Crippen LogP contribution in [0.15, 0.2) is 22.9 Å². The van der Waals surface area contributed by atoms with Crippen molar-refractivity contribution in [2.45, 2.75) is 20.3 Å². The summed E-state index contributed by atoms with van der Waals surface area (Å²) in [7, 11) is 0. The highest BCUT2D eigenvalue weighted by Crippen LogP contribution is 2.16. The highest BCUT2D eigenvalue weighted by Gasteiger charge is 1.92. The van der Waals surface area contributed by atoms with Gasteiger partial charge in [-0.1, -0.05) is 13.0 Å². The van der Waals surface area contributed by atoms with Crippen LogP contribution in [0.25, 0.3) is 5.57 Å². The van der Waals surface area contributed by atoms with Crippen molar-refractivity contribution in [3.63, 3.8) is 0 Å². The lowest BCUT2D eigenvalue weighted by Crippen LogP contribution is -1.71. The largest absolute Gasteiger partial charge is 0.152 e. The van der Waals surface area contributed by atoms with Crippen LogP contribution in [0.2, 0.25) is 0 Å². The summed E-state index contributed by atoms with van der Waals surface area (Å²) in [4.78, 5) is 0. The van der Waals surface area contributed by atoms with Gasteiger partial charge in [-0.25, -0.2) is 0 Å². The van der Waals surface area contributed by atoms with Crippen LogP contribution < -0.4 is 0 Å². The molecule has 0 bridgehead atoms. The van der Waals surface area contributed by atoms with Gasteiger partial charge >= 0.3 is 0 Å². The third kappa shape index (κ3) is 1.71. The van der Waals surface area contributed by atoms with Crippen molar-refractivity contribution in [3.05, 3.63) is 28.5 Å². The lowest BCUT2D eigenvalue weighted by Gasteiger charge is -1.93. The maximum Gasteiger partial charge on any atom is -0.00182 e. The van der Waals surface area contributed by atoms with Gasteiger partial charge in [-0.3, -0.25) is 0 Å². The van der Waals surface area contributed by atoms with E-state index in [2.05, 4.69) is 36.7 Å². The van der Waals surface area contributed by atoms with E-state index in [0.29, 0.717) is 0 Å². The zero-order chi connectivity index (χ0) is 7.40. The fourth-order valence-corrected chi connectivity index (χ4v) is 1.63. The third-order valence-corrected chi connectivity index (χ3v) is 2.17. The van der Waals surface area contributed by atoms with Crippen LogP contribution in [0, 0.1) is 0 Å². The molecule has 0 radical (unpaired) electrons. The molecule has 0 spiro atoms. The van der Waals surface area contributed by atoms with Crippen LogP contribution in [0.4, 0.5) is 0 Å². The van der Waals surface area contributed by atoms with Crippen molar-refractivity contribution in [2.24, 2.45) is 0 Å². The number of hydrogen-bond donors (Lipinski definition) is 0. The minimum absolute atomic E-state index is 1.13. The van der Waals surface area contributed by atoms with E-state index in [0.717, 1.165) is 6.42 Å². The van der Waals surface area contributed by atoms with Gasteiger partial charge in [0.25, 0.3) is 0 Å². The van der Waals surface area contributed by atoms with E-state index >= 15 is 0 Å². The van der Waals surface area contributed by atoms with E-state index in [1.54, 1.807) is 11.3 Å². The van der Waals surface area contributed by atoms with E-state index < -0.39 is 0 Å². The van der Waals surface area contributed by atoms with Crippen molar-refractivity contribution in [1.29, 1.82) is 0 Å². The molecule has 1 heterocycles. The molecule has 0 aromatic carbocycles. The van der Waals surface area contributed by atoms with Crippen LogP contribution in [0.1, 0.15) is 25.8 Å². The molecule has 0 fully saturated rings. The van der Waals surface area contributed by atoms with Gasteiger partial charge in [0, 0.05) is 0 Å². The topological polar surface area (TPSA) is 0 Å². The highest BCUT2D eigenvalue weighted by atomic mass is 32.1. The normalized spacial score (nSPS) is 12.0. The molecule has 0 atom stereocenters. The van der Waals surface area contributed by atoms with Gasteiger partial charge in [0.1, 0.15) is 0 Å². The number of allylic oxidation sites excluding steroid dienone is 2. The molecule has 0 amide bonds. The molecule has 0 aliphatic carbocycles. The first kappa shape index (κ1) is 7.55. The molecular formula is C9H12S. The van der Waals surface area contributed by atoms with Crippen LogP contribution in [0.5, 0.6) is 0 Å². The van der Waals surface area contributed by atoms with Crippen molar-refractivity contribution < 1.29 is 0 Å². The van der Waals surface area contributed by atoms with E-state index in [1.165, 1.54) is 11.1 Å². The quantitative estimate of drug-likeness (QED) is 0.608. The van der Waals surface area contributed by atoms with E-state index in [1.807, 2.05) is 0 Å². The lowest BCUT2D eigenvalue weighted by atomic mass is 10.1. The third-order valence-electron chi connectivity index (χ3n) is 1.49. The van der Waals surface area contributed by atoms with Gasteiger partial charge in [-0.05, 0) is 41.3 Å². The van der Waals surface area contributed by atoms with E-state index in [-0.39, 0.29) is 0 Å². The molecule has 1 heteroatoms. The summed E-state index contributed by atoms with van der Waals surface area (Å²) in [6.07, 6.45) is 3.38. The Balaban J connectivity index is 2.77. The summed E-state index contributed by atoms with van der Waals surface area (Å²) in [5.74, 6) is 0. The predicted molar refractivity (Wildman–Crippen MR) is 48.3 cm³/mol. The predicted octanol–water partition coefficient (Wildman–Crippen LogP) is 3.56. The van der Waals surface area contributed by atoms with Gasteiger partial charge in [-0.2, -0.15) is 11.3 Å². The first-order valence-electron chi connectivity index (χ1n) is 3.54. The van der Waals surface area contributed by atoms with Crippen molar-refractivity contribution >= 4 is 16.9 Å². The Bertz CT molecular complexity index is 207. The summed E-state index contributed by atoms with van der Waals surface area (Å²) in [5, 5.41) is 4.30. The number of hydrogen-bond acceptors (Lipinski definition) is 1. The average Bonchev–Trinajstić information content (AvgIpc) is 2.38. The molecule has 10 heavy (non-hydrogen) atoms. The molecule has 0 aliphatic heterocycles. The van der Waals surface area contributed by atoms with Crippen LogP contribution in [-0.4, -0.2) is 0 Å². The minimum Gasteiger partial charge on any atom is -0.152 e. The van der Waals surface area contributed by atoms with Gasteiger partial charge in [0.2, 0.25) is 0 Å². The van der Waals surface area contributed by atoms with Gasteiger partial charge in [0.15, 0.2) is 0 Å². The minimum atomic E-state index is 1.13. The first-order valence-corrected chi connectivity index (χ1v) is 4.48. The molecule has 0 N–H and O–H groups in total. The van der Waals surface area contributed by atoms with Gasteiger partial charge < -0.3 is 0 Å². The average molecular weight is 152 g/mol. The number of thiophene rings is 1. The van der Waals surface area contributed by atoms with E-state index in [9.17, 15) is 0 Å². The second-order valence-corrected chi connectivity index (χ2v) is 3.09. The molecule has 0 unspecified atom stereocenters. The fraction of sp³-hybridized carbons (Fsp3) is 0.333. The van der Waals surface area contributed by atoms with Crippen LogP contribution in [-0.2, 0) is 0 Å². The lowest BCUT2D eigenvalue weighted by molar-refractivity contribution is 1.22. The Kier molecular flexibility index (Phi) is 2.69. The smallest absolute Gasteiger partial charge is 0.00182 e. The molecule has 0 aliphatic rings. The monoisotopic (exact) mass is 152 g/mol. The summed E-state index contributed by atoms with van der Waals surface area (Å²) in [6, 6.07) is 2.16. The molecule has 0 saturated carbocycles. The molecule has 1 rings (SSSR count). The van der Waals surface area contributed by atoms with Gasteiger partial charge in [0.05, 0.1) is 0 Å². The molecule has 0 nitrogen and oxygen atoms in total. The van der Waals surface area contributed by atoms with Crippen LogP contribution in [0.3, 0.4) is 0 Å². The second-order valence-electron chi connectivity index (χ2n) is 2.31. The summed E-state index contributed by atoms with van der Waals surface area (Å²) in [6.45, 7) is 4.32.